The second-order valence-corrected chi connectivity index (χ2v) is 6.91. The number of nitrogens with zero attached hydrogens (tertiary/aromatic N) is 1. The third kappa shape index (κ3) is 2.70. The number of ether oxygens (including phenoxy) is 1. The summed E-state index contributed by atoms with van der Waals surface area (Å²) >= 11 is 6.14. The van der Waals surface area contributed by atoms with Crippen LogP contribution in [0, 0.1) is 13.8 Å². The van der Waals surface area contributed by atoms with E-state index in [1.165, 1.54) is 0 Å². The molecule has 2 heterocycles. The normalized spacial score (nSPS) is 20.6. The Balaban J connectivity index is 2.09. The maximum atomic E-state index is 12.8. The summed E-state index contributed by atoms with van der Waals surface area (Å²) in [6.45, 7) is 5.44. The third-order valence-electron chi connectivity index (χ3n) is 5.03. The van der Waals surface area contributed by atoms with E-state index in [2.05, 4.69) is 5.32 Å². The molecule has 0 saturated carbocycles. The number of amides is 1. The highest BCUT2D eigenvalue weighted by atomic mass is 35.5. The van der Waals surface area contributed by atoms with Gasteiger partial charge in [0.2, 0.25) is 0 Å². The van der Waals surface area contributed by atoms with Crippen molar-refractivity contribution >= 4 is 23.1 Å². The van der Waals surface area contributed by atoms with Crippen LogP contribution in [0.1, 0.15) is 29.5 Å². The van der Waals surface area contributed by atoms with Crippen molar-refractivity contribution in [3.63, 3.8) is 0 Å². The molecule has 0 unspecified atom stereocenters. The van der Waals surface area contributed by atoms with Crippen LogP contribution in [0.2, 0.25) is 5.02 Å². The fourth-order valence-electron chi connectivity index (χ4n) is 3.91. The number of hydrogen-bond donors (Lipinski definition) is 1. The number of nitrogens with one attached hydrogen (secondary N) is 1. The van der Waals surface area contributed by atoms with Crippen LogP contribution in [0.3, 0.4) is 0 Å². The van der Waals surface area contributed by atoms with Gasteiger partial charge in [-0.05, 0) is 55.5 Å². The van der Waals surface area contributed by atoms with Crippen molar-refractivity contribution in [3.05, 3.63) is 39.6 Å². The summed E-state index contributed by atoms with van der Waals surface area (Å²) in [4.78, 5) is 18.1. The lowest BCUT2D eigenvalue weighted by Crippen LogP contribution is -2.52. The average Bonchev–Trinajstić information content (AvgIpc) is 2.79. The first kappa shape index (κ1) is 17.3. The summed E-state index contributed by atoms with van der Waals surface area (Å²) in [5, 5.41) is 5.76. The van der Waals surface area contributed by atoms with E-state index in [1.54, 1.807) is 14.2 Å². The first-order valence-electron chi connectivity index (χ1n) is 8.09. The molecule has 130 valence electrons. The molecule has 24 heavy (non-hydrogen) atoms. The maximum absolute atomic E-state index is 12.8. The van der Waals surface area contributed by atoms with Crippen LogP contribution in [-0.2, 0) is 14.4 Å². The van der Waals surface area contributed by atoms with Crippen LogP contribution in [0.25, 0.3) is 5.57 Å². The molecule has 1 N–H and O–H groups in total. The maximum Gasteiger partial charge on any atom is 0.256 e. The van der Waals surface area contributed by atoms with Gasteiger partial charge in [-0.3, -0.25) is 4.79 Å². The van der Waals surface area contributed by atoms with Crippen LogP contribution < -0.4 is 5.32 Å². The number of rotatable bonds is 3. The van der Waals surface area contributed by atoms with Crippen LogP contribution in [0.15, 0.2) is 17.9 Å². The highest BCUT2D eigenvalue weighted by Crippen LogP contribution is 2.42. The summed E-state index contributed by atoms with van der Waals surface area (Å²) < 4.78 is 5.76. The molecule has 1 amide bonds. The zero-order valence-electron chi connectivity index (χ0n) is 14.5. The van der Waals surface area contributed by atoms with Crippen LogP contribution >= 0.6 is 11.6 Å². The first-order valence-corrected chi connectivity index (χ1v) is 8.47. The van der Waals surface area contributed by atoms with Gasteiger partial charge in [-0.15, -0.1) is 0 Å². The van der Waals surface area contributed by atoms with Crippen molar-refractivity contribution in [2.45, 2.75) is 32.2 Å². The number of methoxy groups -OCH3 is 1. The largest absolute Gasteiger partial charge is 0.498 e. The molecule has 6 heteroatoms. The van der Waals surface area contributed by atoms with E-state index in [1.807, 2.05) is 31.0 Å². The second-order valence-electron chi connectivity index (χ2n) is 6.47. The molecule has 1 aromatic rings. The lowest BCUT2D eigenvalue weighted by Gasteiger charge is -2.38. The molecule has 0 aromatic heterocycles. The van der Waals surface area contributed by atoms with E-state index in [-0.39, 0.29) is 5.91 Å². The van der Waals surface area contributed by atoms with Crippen LogP contribution in [0.4, 0.5) is 0 Å². The predicted octanol–water partition coefficient (Wildman–Crippen LogP) is 2.84. The molecule has 3 rings (SSSR count). The fraction of sp³-hybridized carbons (Fsp3) is 0.500. The number of halogens is 1. The summed E-state index contributed by atoms with van der Waals surface area (Å²) in [6.07, 6.45) is 1.51. The number of benzene rings is 1. The Kier molecular flexibility index (Phi) is 4.60. The number of piperidine rings is 1. The number of aryl methyl sites for hydroxylation is 2. The van der Waals surface area contributed by atoms with Gasteiger partial charge in [0.05, 0.1) is 19.8 Å². The quantitative estimate of drug-likeness (QED) is 0.910. The molecule has 1 aromatic carbocycles. The minimum absolute atomic E-state index is 0.0776. The Labute approximate surface area is 147 Å². The van der Waals surface area contributed by atoms with Crippen LogP contribution in [-0.4, -0.2) is 43.8 Å². The van der Waals surface area contributed by atoms with E-state index < -0.39 is 5.54 Å². The molecule has 0 aliphatic carbocycles. The van der Waals surface area contributed by atoms with Gasteiger partial charge in [0, 0.05) is 18.1 Å². The summed E-state index contributed by atoms with van der Waals surface area (Å²) in [6, 6.07) is 3.77. The Bertz CT molecular complexity index is 683. The van der Waals surface area contributed by atoms with Crippen molar-refractivity contribution in [2.75, 3.05) is 27.3 Å². The molecule has 1 saturated heterocycles. The van der Waals surface area contributed by atoms with Gasteiger partial charge in [0.1, 0.15) is 11.3 Å². The van der Waals surface area contributed by atoms with Gasteiger partial charge in [0.15, 0.2) is 0 Å². The molecule has 0 radical (unpaired) electrons. The zero-order chi connectivity index (χ0) is 17.5. The predicted molar refractivity (Wildman–Crippen MR) is 93.5 cm³/mol. The van der Waals surface area contributed by atoms with Gasteiger partial charge >= 0.3 is 0 Å². The molecule has 0 bridgehead atoms. The summed E-state index contributed by atoms with van der Waals surface area (Å²) in [5.74, 6) is 0.656. The smallest absolute Gasteiger partial charge is 0.256 e. The highest BCUT2D eigenvalue weighted by molar-refractivity contribution is 6.31. The molecule has 0 atom stereocenters. The number of hydroxylamine groups is 2. The zero-order valence-corrected chi connectivity index (χ0v) is 15.3. The van der Waals surface area contributed by atoms with Crippen molar-refractivity contribution in [2.24, 2.45) is 0 Å². The second kappa shape index (κ2) is 6.39. The molecule has 5 nitrogen and oxygen atoms in total. The van der Waals surface area contributed by atoms with E-state index in [0.29, 0.717) is 10.6 Å². The van der Waals surface area contributed by atoms with Crippen molar-refractivity contribution in [3.8, 4) is 0 Å². The van der Waals surface area contributed by atoms with Crippen molar-refractivity contribution in [1.29, 1.82) is 0 Å². The molecule has 2 aliphatic heterocycles. The van der Waals surface area contributed by atoms with E-state index in [0.717, 1.165) is 48.4 Å². The van der Waals surface area contributed by atoms with Gasteiger partial charge in [-0.2, -0.15) is 5.06 Å². The monoisotopic (exact) mass is 350 g/mol. The molecule has 1 fully saturated rings. The van der Waals surface area contributed by atoms with E-state index in [9.17, 15) is 4.79 Å². The van der Waals surface area contributed by atoms with Gasteiger partial charge in [-0.25, -0.2) is 0 Å². The lowest BCUT2D eigenvalue weighted by atomic mass is 9.85. The van der Waals surface area contributed by atoms with E-state index >= 15 is 0 Å². The lowest BCUT2D eigenvalue weighted by molar-refractivity contribution is -0.152. The van der Waals surface area contributed by atoms with Crippen molar-refractivity contribution < 1.29 is 14.4 Å². The van der Waals surface area contributed by atoms with Gasteiger partial charge in [0.25, 0.3) is 5.91 Å². The van der Waals surface area contributed by atoms with Crippen LogP contribution in [0.5, 0.6) is 0 Å². The molecule has 1 spiro atoms. The number of carbonyl (C=O) groups excluding carboxylic acids is 1. The summed E-state index contributed by atoms with van der Waals surface area (Å²) in [7, 11) is 3.31. The topological polar surface area (TPSA) is 50.8 Å². The molecule has 2 aliphatic rings. The molecular formula is C18H23ClN2O3. The first-order chi connectivity index (χ1) is 11.4. The highest BCUT2D eigenvalue weighted by Gasteiger charge is 2.49. The van der Waals surface area contributed by atoms with E-state index in [4.69, 9.17) is 21.2 Å². The third-order valence-corrected chi connectivity index (χ3v) is 5.25. The number of hydrogen-bond acceptors (Lipinski definition) is 4. The summed E-state index contributed by atoms with van der Waals surface area (Å²) in [5.41, 5.74) is 3.06. The Hall–Kier alpha value is -1.56. The number of carbonyl (C=O) groups is 1. The average molecular weight is 351 g/mol. The van der Waals surface area contributed by atoms with Gasteiger partial charge in [-0.1, -0.05) is 11.6 Å². The fourth-order valence-corrected chi connectivity index (χ4v) is 4.24. The van der Waals surface area contributed by atoms with Crippen molar-refractivity contribution in [1.82, 2.24) is 10.4 Å². The molecular weight excluding hydrogens is 328 g/mol. The SMILES string of the molecule is COC1=C(c2c(C)cc(Cl)cc2C)C(=O)NC12CCN(OC)CC2. The Morgan fingerprint density at radius 2 is 1.75 bits per heavy atom. The minimum atomic E-state index is -0.450. The Morgan fingerprint density at radius 1 is 1.17 bits per heavy atom. The van der Waals surface area contributed by atoms with Gasteiger partial charge < -0.3 is 14.9 Å². The Morgan fingerprint density at radius 3 is 2.25 bits per heavy atom. The standard InChI is InChI=1S/C18H23ClN2O3/c1-11-9-13(19)10-12(2)14(11)15-16(23-3)18(20-17(15)22)5-7-21(24-4)8-6-18/h9-10H,5-8H2,1-4H3,(H,20,22). The minimum Gasteiger partial charge on any atom is -0.498 e.